The molecule has 0 aliphatic heterocycles. The second kappa shape index (κ2) is 9.41. The molecular weight excluding hydrogens is 482 g/mol. The molecule has 5 rings (SSSR count). The number of hydrogen-bond acceptors (Lipinski definition) is 8. The fraction of sp³-hybridized carbons (Fsp3) is 0.0400. The van der Waals surface area contributed by atoms with Gasteiger partial charge in [-0.25, -0.2) is 18.7 Å². The number of carbonyl (C=O) groups excluding carboxylic acids is 1. The molecule has 0 saturated heterocycles. The van der Waals surface area contributed by atoms with Crippen molar-refractivity contribution in [3.05, 3.63) is 85.1 Å². The van der Waals surface area contributed by atoms with Crippen LogP contribution in [-0.4, -0.2) is 35.7 Å². The number of halogens is 2. The monoisotopic (exact) mass is 500 g/mol. The van der Waals surface area contributed by atoms with Gasteiger partial charge in [0, 0.05) is 23.0 Å². The lowest BCUT2D eigenvalue weighted by Gasteiger charge is -2.09. The predicted octanol–water partition coefficient (Wildman–Crippen LogP) is 4.49. The van der Waals surface area contributed by atoms with Gasteiger partial charge in [-0.2, -0.15) is 0 Å². The summed E-state index contributed by atoms with van der Waals surface area (Å²) in [6, 6.07) is 10.9. The van der Waals surface area contributed by atoms with Crippen LogP contribution in [0.4, 0.5) is 20.3 Å². The van der Waals surface area contributed by atoms with Crippen molar-refractivity contribution >= 4 is 22.9 Å². The quantitative estimate of drug-likeness (QED) is 0.326. The van der Waals surface area contributed by atoms with Gasteiger partial charge < -0.3 is 15.8 Å². The third kappa shape index (κ3) is 4.67. The molecule has 12 heteroatoms. The van der Waals surface area contributed by atoms with Crippen molar-refractivity contribution < 1.29 is 18.3 Å². The number of anilines is 2. The molecule has 5 aromatic rings. The van der Waals surface area contributed by atoms with Gasteiger partial charge in [0.25, 0.3) is 5.91 Å². The fourth-order valence-electron chi connectivity index (χ4n) is 3.65. The largest absolute Gasteiger partial charge is 0.434 e. The Bertz CT molecular complexity index is 1670. The van der Waals surface area contributed by atoms with Crippen molar-refractivity contribution in [3.8, 4) is 34.0 Å². The van der Waals surface area contributed by atoms with Crippen LogP contribution < -0.4 is 15.8 Å². The van der Waals surface area contributed by atoms with E-state index in [4.69, 9.17) is 10.5 Å². The van der Waals surface area contributed by atoms with Gasteiger partial charge in [-0.15, -0.1) is 14.8 Å². The highest BCUT2D eigenvalue weighted by Gasteiger charge is 2.21. The highest BCUT2D eigenvalue weighted by atomic mass is 19.1. The van der Waals surface area contributed by atoms with Crippen molar-refractivity contribution in [2.24, 2.45) is 0 Å². The maximum absolute atomic E-state index is 15.2. The summed E-state index contributed by atoms with van der Waals surface area (Å²) in [6.07, 6.45) is 4.20. The average molecular weight is 500 g/mol. The Morgan fingerprint density at radius 3 is 2.59 bits per heavy atom. The third-order valence-corrected chi connectivity index (χ3v) is 5.30. The van der Waals surface area contributed by atoms with Crippen LogP contribution in [0.5, 0.6) is 11.6 Å². The molecule has 37 heavy (non-hydrogen) atoms. The molecule has 0 aliphatic carbocycles. The third-order valence-electron chi connectivity index (χ3n) is 5.30. The Morgan fingerprint density at radius 2 is 1.89 bits per heavy atom. The van der Waals surface area contributed by atoms with Crippen LogP contribution in [-0.2, 0) is 4.79 Å². The number of amides is 1. The normalized spacial score (nSPS) is 10.9. The first-order chi connectivity index (χ1) is 17.8. The number of fused-ring (bicyclic) bond motifs is 1. The van der Waals surface area contributed by atoms with Gasteiger partial charge in [0.1, 0.15) is 17.5 Å². The molecule has 3 N–H and O–H groups in total. The molecule has 2 aromatic carbocycles. The number of carbonyl (C=O) groups is 1. The van der Waals surface area contributed by atoms with Gasteiger partial charge in [-0.1, -0.05) is 24.8 Å². The highest BCUT2D eigenvalue weighted by molar-refractivity contribution is 6.02. The van der Waals surface area contributed by atoms with Crippen LogP contribution >= 0.6 is 0 Å². The smallest absolute Gasteiger partial charge is 0.283 e. The molecule has 0 atom stereocenters. The van der Waals surface area contributed by atoms with E-state index in [-0.39, 0.29) is 17.4 Å². The van der Waals surface area contributed by atoms with Crippen LogP contribution in [0.25, 0.3) is 27.9 Å². The van der Waals surface area contributed by atoms with Gasteiger partial charge in [0.15, 0.2) is 23.2 Å². The second-order valence-electron chi connectivity index (χ2n) is 7.89. The van der Waals surface area contributed by atoms with E-state index in [2.05, 4.69) is 37.0 Å². The minimum atomic E-state index is -1.11. The van der Waals surface area contributed by atoms with E-state index < -0.39 is 17.6 Å². The topological polar surface area (TPSA) is 133 Å². The number of aryl methyl sites for hydroxylation is 1. The van der Waals surface area contributed by atoms with E-state index in [1.165, 1.54) is 29.3 Å². The standard InChI is InChI=1S/C25H18F2N8O2/c1-13-10-29-11-20(32-13)37-19-8-5-16(9-18(19)27)21-22(34-35-23(21)24(28)30-12-31-35)15-3-6-17(7-4-15)33-25(36)14(2)26/h3-12H,2H2,1H3,(H,33,36)(H2,28,30,31). The zero-order chi connectivity index (χ0) is 26.1. The summed E-state index contributed by atoms with van der Waals surface area (Å²) in [4.78, 5) is 23.8. The van der Waals surface area contributed by atoms with Gasteiger partial charge >= 0.3 is 0 Å². The maximum Gasteiger partial charge on any atom is 0.283 e. The molecule has 0 fully saturated rings. The van der Waals surface area contributed by atoms with E-state index >= 15 is 4.39 Å². The van der Waals surface area contributed by atoms with Crippen LogP contribution in [0.2, 0.25) is 0 Å². The minimum absolute atomic E-state index is 0.0413. The number of benzene rings is 2. The Kier molecular flexibility index (Phi) is 5.97. The Morgan fingerprint density at radius 1 is 1.14 bits per heavy atom. The first kappa shape index (κ1) is 23.5. The van der Waals surface area contributed by atoms with Crippen LogP contribution in [0, 0.1) is 12.7 Å². The summed E-state index contributed by atoms with van der Waals surface area (Å²) in [5.41, 5.74) is 9.45. The predicted molar refractivity (Wildman–Crippen MR) is 132 cm³/mol. The second-order valence-corrected chi connectivity index (χ2v) is 7.89. The lowest BCUT2D eigenvalue weighted by Crippen LogP contribution is -2.10. The molecule has 10 nitrogen and oxygen atoms in total. The molecule has 3 aromatic heterocycles. The number of hydrogen-bond donors (Lipinski definition) is 2. The van der Waals surface area contributed by atoms with Gasteiger partial charge in [-0.05, 0) is 36.8 Å². The summed E-state index contributed by atoms with van der Waals surface area (Å²) >= 11 is 0. The van der Waals surface area contributed by atoms with E-state index in [9.17, 15) is 9.18 Å². The van der Waals surface area contributed by atoms with Crippen molar-refractivity contribution in [3.63, 3.8) is 0 Å². The lowest BCUT2D eigenvalue weighted by atomic mass is 9.99. The molecule has 0 radical (unpaired) electrons. The summed E-state index contributed by atoms with van der Waals surface area (Å²) in [5, 5.41) is 11.0. The fourth-order valence-corrected chi connectivity index (χ4v) is 3.65. The Labute approximate surface area is 208 Å². The number of aromatic nitrogens is 6. The number of nitrogen functional groups attached to an aromatic ring is 1. The highest BCUT2D eigenvalue weighted by Crippen LogP contribution is 2.38. The zero-order valence-corrected chi connectivity index (χ0v) is 19.3. The molecule has 3 heterocycles. The first-order valence-electron chi connectivity index (χ1n) is 10.8. The van der Waals surface area contributed by atoms with Crippen LogP contribution in [0.1, 0.15) is 5.69 Å². The number of ether oxygens (including phenoxy) is 1. The summed E-state index contributed by atoms with van der Waals surface area (Å²) in [7, 11) is 0. The van der Waals surface area contributed by atoms with E-state index in [1.54, 1.807) is 43.5 Å². The molecule has 0 saturated carbocycles. The molecule has 0 spiro atoms. The van der Waals surface area contributed by atoms with Gasteiger partial charge in [0.2, 0.25) is 5.88 Å². The van der Waals surface area contributed by atoms with E-state index in [0.717, 1.165) is 0 Å². The molecule has 0 aliphatic rings. The summed E-state index contributed by atoms with van der Waals surface area (Å²) in [5.74, 6) is -2.44. The number of nitrogens with two attached hydrogens (primary N) is 1. The van der Waals surface area contributed by atoms with Crippen molar-refractivity contribution in [1.82, 2.24) is 29.8 Å². The molecule has 0 bridgehead atoms. The zero-order valence-electron chi connectivity index (χ0n) is 19.3. The van der Waals surface area contributed by atoms with Crippen LogP contribution in [0.15, 0.2) is 73.6 Å². The average Bonchev–Trinajstić information content (AvgIpc) is 3.27. The molecule has 0 unspecified atom stereocenters. The Hall–Kier alpha value is -5.26. The van der Waals surface area contributed by atoms with E-state index in [0.29, 0.717) is 39.3 Å². The van der Waals surface area contributed by atoms with Crippen LogP contribution in [0.3, 0.4) is 0 Å². The number of nitrogens with zero attached hydrogens (tertiary/aromatic N) is 6. The molecular formula is C25H18F2N8O2. The van der Waals surface area contributed by atoms with Crippen molar-refractivity contribution in [1.29, 1.82) is 0 Å². The SMILES string of the molecule is C=C(F)C(=O)Nc1ccc(-c2nn3ncnc(N)c3c2-c2ccc(Oc3cncc(C)n3)c(F)c2)cc1. The molecule has 184 valence electrons. The van der Waals surface area contributed by atoms with E-state index in [1.807, 2.05) is 0 Å². The number of nitrogens with one attached hydrogen (secondary N) is 1. The summed E-state index contributed by atoms with van der Waals surface area (Å²) in [6.45, 7) is 4.72. The Balaban J connectivity index is 1.57. The number of rotatable bonds is 6. The van der Waals surface area contributed by atoms with Gasteiger partial charge in [0.05, 0.1) is 11.9 Å². The van der Waals surface area contributed by atoms with Crippen molar-refractivity contribution in [2.75, 3.05) is 11.1 Å². The van der Waals surface area contributed by atoms with Crippen molar-refractivity contribution in [2.45, 2.75) is 6.92 Å². The summed E-state index contributed by atoms with van der Waals surface area (Å²) < 4.78 is 35.1. The maximum atomic E-state index is 15.2. The first-order valence-corrected chi connectivity index (χ1v) is 10.8. The van der Waals surface area contributed by atoms with Gasteiger partial charge in [-0.3, -0.25) is 9.78 Å². The molecule has 1 amide bonds. The minimum Gasteiger partial charge on any atom is -0.434 e. The lowest BCUT2D eigenvalue weighted by molar-refractivity contribution is -0.114.